The quantitative estimate of drug-likeness (QED) is 0.242. The van der Waals surface area contributed by atoms with Gasteiger partial charge in [-0.1, -0.05) is 18.2 Å². The fourth-order valence-corrected chi connectivity index (χ4v) is 3.55. The summed E-state index contributed by atoms with van der Waals surface area (Å²) in [5.74, 6) is -0.657. The third-order valence-electron chi connectivity index (χ3n) is 5.55. The molecule has 0 unspecified atom stereocenters. The number of aryl methyl sites for hydroxylation is 1. The molecule has 0 saturated carbocycles. The summed E-state index contributed by atoms with van der Waals surface area (Å²) in [6.45, 7) is 1.86. The Balaban J connectivity index is 1.53. The van der Waals surface area contributed by atoms with Crippen molar-refractivity contribution >= 4 is 29.1 Å². The summed E-state index contributed by atoms with van der Waals surface area (Å²) >= 11 is 0. The van der Waals surface area contributed by atoms with Crippen molar-refractivity contribution < 1.29 is 18.0 Å². The molecule has 0 atom stereocenters. The van der Waals surface area contributed by atoms with Gasteiger partial charge in [-0.3, -0.25) is 14.8 Å². The average Bonchev–Trinajstić information content (AvgIpc) is 2.91. The molecule has 1 amide bonds. The van der Waals surface area contributed by atoms with Crippen LogP contribution in [0.15, 0.2) is 91.7 Å². The molecule has 186 valence electrons. The Kier molecular flexibility index (Phi) is 7.43. The zero-order valence-electron chi connectivity index (χ0n) is 19.7. The summed E-state index contributed by atoms with van der Waals surface area (Å²) in [4.78, 5) is 21.0. The molecule has 6 nitrogen and oxygen atoms in total. The topological polar surface area (TPSA) is 90.8 Å². The first-order chi connectivity index (χ1) is 17.7. The third kappa shape index (κ3) is 6.26. The number of hydrogen-bond donors (Lipinski definition) is 3. The van der Waals surface area contributed by atoms with Crippen molar-refractivity contribution in [1.29, 1.82) is 5.41 Å². The van der Waals surface area contributed by atoms with Crippen LogP contribution in [0.1, 0.15) is 27.0 Å². The van der Waals surface area contributed by atoms with Crippen LogP contribution in [0.5, 0.6) is 0 Å². The van der Waals surface area contributed by atoms with Crippen molar-refractivity contribution in [2.75, 3.05) is 10.6 Å². The number of hydrogen-bond acceptors (Lipinski definition) is 5. The van der Waals surface area contributed by atoms with Crippen molar-refractivity contribution in [2.24, 2.45) is 0 Å². The predicted octanol–water partition coefficient (Wildman–Crippen LogP) is 6.83. The van der Waals surface area contributed by atoms with Crippen LogP contribution in [0, 0.1) is 12.3 Å². The van der Waals surface area contributed by atoms with Crippen molar-refractivity contribution in [3.8, 4) is 11.1 Å². The number of anilines is 2. The van der Waals surface area contributed by atoms with Gasteiger partial charge in [0.15, 0.2) is 0 Å². The second-order valence-corrected chi connectivity index (χ2v) is 8.15. The number of carbonyl (C=O) groups is 1. The monoisotopic (exact) mass is 501 g/mol. The van der Waals surface area contributed by atoms with Gasteiger partial charge in [-0.15, -0.1) is 0 Å². The molecule has 2 aromatic heterocycles. The van der Waals surface area contributed by atoms with Gasteiger partial charge in [-0.2, -0.15) is 13.2 Å². The van der Waals surface area contributed by atoms with E-state index in [0.717, 1.165) is 34.4 Å². The molecule has 0 saturated heterocycles. The summed E-state index contributed by atoms with van der Waals surface area (Å²) in [5.41, 5.74) is 3.96. The predicted molar refractivity (Wildman–Crippen MR) is 138 cm³/mol. The maximum Gasteiger partial charge on any atom is 0.416 e. The van der Waals surface area contributed by atoms with Crippen LogP contribution >= 0.6 is 0 Å². The molecule has 3 N–H and O–H groups in total. The molecule has 0 aliphatic heterocycles. The molecule has 9 heteroatoms. The fraction of sp³-hybridized carbons (Fsp3) is 0.0714. The number of carbonyl (C=O) groups excluding carboxylic acids is 1. The number of aromatic nitrogens is 2. The van der Waals surface area contributed by atoms with E-state index in [1.165, 1.54) is 18.3 Å². The lowest BCUT2D eigenvalue weighted by Crippen LogP contribution is -2.14. The van der Waals surface area contributed by atoms with Crippen LogP contribution in [-0.4, -0.2) is 22.1 Å². The highest BCUT2D eigenvalue weighted by Crippen LogP contribution is 2.30. The zero-order valence-corrected chi connectivity index (χ0v) is 19.7. The lowest BCUT2D eigenvalue weighted by atomic mass is 10.0. The van der Waals surface area contributed by atoms with E-state index in [4.69, 9.17) is 5.41 Å². The minimum absolute atomic E-state index is 0.100. The maximum atomic E-state index is 13.0. The molecule has 0 aliphatic carbocycles. The van der Waals surface area contributed by atoms with Gasteiger partial charge in [0.2, 0.25) is 0 Å². The standard InChI is InChI=1S/C28H22F3N5O/c1-18-7-8-25(36-27(37)19-4-2-6-24(11-19)28(29,30)31)12-26(18)35-17-23(13-32)22-10-21(15-34-16-22)20-5-3-9-33-14-20/h2-17,32,35H,1H3,(H,36,37)/b23-17+,32-13?. The third-order valence-corrected chi connectivity index (χ3v) is 5.55. The first kappa shape index (κ1) is 25.3. The zero-order chi connectivity index (χ0) is 26.4. The minimum Gasteiger partial charge on any atom is -0.361 e. The summed E-state index contributed by atoms with van der Waals surface area (Å²) in [7, 11) is 0. The number of benzene rings is 2. The summed E-state index contributed by atoms with van der Waals surface area (Å²) in [5, 5.41) is 13.7. The fourth-order valence-electron chi connectivity index (χ4n) is 3.55. The van der Waals surface area contributed by atoms with Crippen LogP contribution in [0.2, 0.25) is 0 Å². The summed E-state index contributed by atoms with van der Waals surface area (Å²) in [6.07, 6.45) is 5.10. The second kappa shape index (κ2) is 10.9. The summed E-state index contributed by atoms with van der Waals surface area (Å²) in [6, 6.07) is 15.0. The second-order valence-electron chi connectivity index (χ2n) is 8.15. The maximum absolute atomic E-state index is 13.0. The van der Waals surface area contributed by atoms with Crippen molar-refractivity contribution in [3.05, 3.63) is 114 Å². The lowest BCUT2D eigenvalue weighted by molar-refractivity contribution is -0.137. The highest BCUT2D eigenvalue weighted by atomic mass is 19.4. The Labute approximate surface area is 211 Å². The Morgan fingerprint density at radius 2 is 1.73 bits per heavy atom. The van der Waals surface area contributed by atoms with Gasteiger partial charge in [0.25, 0.3) is 5.91 Å². The van der Waals surface area contributed by atoms with Crippen molar-refractivity contribution in [1.82, 2.24) is 9.97 Å². The van der Waals surface area contributed by atoms with Gasteiger partial charge >= 0.3 is 6.18 Å². The van der Waals surface area contributed by atoms with Crippen LogP contribution in [0.3, 0.4) is 0 Å². The van der Waals surface area contributed by atoms with E-state index in [9.17, 15) is 18.0 Å². The van der Waals surface area contributed by atoms with E-state index in [-0.39, 0.29) is 5.56 Å². The number of rotatable bonds is 7. The van der Waals surface area contributed by atoms with E-state index in [2.05, 4.69) is 20.6 Å². The molecule has 0 fully saturated rings. The molecule has 0 bridgehead atoms. The van der Waals surface area contributed by atoms with Gasteiger partial charge in [0.1, 0.15) is 0 Å². The van der Waals surface area contributed by atoms with Gasteiger partial charge in [-0.25, -0.2) is 0 Å². The number of alkyl halides is 3. The normalized spacial score (nSPS) is 11.6. The number of amides is 1. The Morgan fingerprint density at radius 3 is 2.46 bits per heavy atom. The van der Waals surface area contributed by atoms with Gasteiger partial charge in [-0.05, 0) is 55.0 Å². The smallest absolute Gasteiger partial charge is 0.361 e. The van der Waals surface area contributed by atoms with Crippen molar-refractivity contribution in [3.63, 3.8) is 0 Å². The number of pyridine rings is 2. The Morgan fingerprint density at radius 1 is 0.919 bits per heavy atom. The van der Waals surface area contributed by atoms with E-state index in [0.29, 0.717) is 16.9 Å². The van der Waals surface area contributed by atoms with E-state index >= 15 is 0 Å². The molecular weight excluding hydrogens is 479 g/mol. The average molecular weight is 502 g/mol. The first-order valence-electron chi connectivity index (χ1n) is 11.2. The molecule has 0 aliphatic rings. The molecule has 0 spiro atoms. The number of allylic oxidation sites excluding steroid dienone is 1. The largest absolute Gasteiger partial charge is 0.416 e. The molecule has 0 radical (unpaired) electrons. The lowest BCUT2D eigenvalue weighted by Gasteiger charge is -2.12. The van der Waals surface area contributed by atoms with Crippen LogP contribution < -0.4 is 10.6 Å². The Bertz CT molecular complexity index is 1470. The van der Waals surface area contributed by atoms with E-state index in [1.54, 1.807) is 49.2 Å². The van der Waals surface area contributed by atoms with Crippen LogP contribution in [-0.2, 0) is 6.18 Å². The van der Waals surface area contributed by atoms with E-state index in [1.807, 2.05) is 25.1 Å². The van der Waals surface area contributed by atoms with Crippen LogP contribution in [0.4, 0.5) is 24.5 Å². The van der Waals surface area contributed by atoms with Crippen molar-refractivity contribution in [2.45, 2.75) is 13.1 Å². The SMILES string of the molecule is Cc1ccc(NC(=O)c2cccc(C(F)(F)F)c2)cc1N/C=C(\C=N)c1cncc(-c2cccnc2)c1. The molecule has 37 heavy (non-hydrogen) atoms. The number of nitrogens with one attached hydrogen (secondary N) is 3. The van der Waals surface area contributed by atoms with Gasteiger partial charge in [0, 0.05) is 76.4 Å². The van der Waals surface area contributed by atoms with Crippen LogP contribution in [0.25, 0.3) is 16.7 Å². The number of halogens is 3. The molecule has 2 heterocycles. The molecule has 2 aromatic carbocycles. The highest BCUT2D eigenvalue weighted by Gasteiger charge is 2.30. The first-order valence-corrected chi connectivity index (χ1v) is 11.2. The van der Waals surface area contributed by atoms with Gasteiger partial charge in [0.05, 0.1) is 5.56 Å². The van der Waals surface area contributed by atoms with Gasteiger partial charge < -0.3 is 16.0 Å². The summed E-state index contributed by atoms with van der Waals surface area (Å²) < 4.78 is 39.0. The van der Waals surface area contributed by atoms with E-state index < -0.39 is 17.6 Å². The molecule has 4 rings (SSSR count). The minimum atomic E-state index is -4.54. The molecule has 4 aromatic rings. The highest BCUT2D eigenvalue weighted by molar-refractivity contribution is 6.09. The molecular formula is C28H22F3N5O. The Hall–Kier alpha value is -4.79. The number of nitrogens with zero attached hydrogens (tertiary/aromatic N) is 2.